The molecule has 9 fully saturated rings. The van der Waals surface area contributed by atoms with Crippen molar-refractivity contribution in [3.63, 3.8) is 0 Å². The lowest BCUT2D eigenvalue weighted by Gasteiger charge is -2.52. The number of halogens is 4. The van der Waals surface area contributed by atoms with Crippen molar-refractivity contribution < 1.29 is 0 Å². The number of nitrogens with zero attached hydrogens (tertiary/aromatic N) is 1. The standard InChI is InChI=1S/C104H100Cl4N8S12/c105-75-61-74-76(84(107)83(75)106)98-109-97(74)110-99-77-78(86(118-63-39-15-2-16-40-63)92(124-69-51-27-8-28-52-69)91(123-68-49-25-7-26-50-68)85(77)117-62-37-13-1-14-38-62)100(111-99)112-101-79-80(88(120-65-43-19-4-20-44-65)94(126-71-55-31-10-32-56-71)93(125-70-53-29-9-30-54-70)87(79)119-64-41-17-3-18-42-64)102(113-101)115-104-82-81(103(114-98)116(104)108)89(121-66-45-21-5-22-46-66)95(127-72-57-33-11-34-58-72)96(128-73-59-35-12-36-60-73)90(82)122-67-47-23-6-24-48-67/h1-60,74-104,109-115H,61H2. The van der Waals surface area contributed by atoms with Gasteiger partial charge in [-0.25, -0.2) is 0 Å². The van der Waals surface area contributed by atoms with Gasteiger partial charge in [-0.15, -0.1) is 176 Å². The highest BCUT2D eigenvalue weighted by molar-refractivity contribution is 8.09. The van der Waals surface area contributed by atoms with Crippen molar-refractivity contribution in [1.29, 1.82) is 0 Å². The van der Waals surface area contributed by atoms with E-state index < -0.39 is 34.6 Å². The van der Waals surface area contributed by atoms with Gasteiger partial charge in [0.2, 0.25) is 0 Å². The Labute approximate surface area is 825 Å². The molecular weight excluding hydrogens is 1890 g/mol. The number of fused-ring (bicyclic) bond motifs is 20. The second kappa shape index (κ2) is 42.1. The zero-order valence-corrected chi connectivity index (χ0v) is 82.4. The third kappa shape index (κ3) is 19.7. The fourth-order valence-corrected chi connectivity index (χ4v) is 42.8. The Morgan fingerprint density at radius 2 is 0.352 bits per heavy atom. The molecule has 31 atom stereocenters. The van der Waals surface area contributed by atoms with E-state index in [9.17, 15) is 11.8 Å². The molecule has 7 N–H and O–H groups in total. The Bertz CT molecular complexity index is 5520. The van der Waals surface area contributed by atoms with Crippen molar-refractivity contribution >= 4 is 188 Å². The van der Waals surface area contributed by atoms with Crippen LogP contribution in [0.3, 0.4) is 0 Å². The Morgan fingerprint density at radius 1 is 0.188 bits per heavy atom. The zero-order chi connectivity index (χ0) is 86.0. The maximum absolute atomic E-state index is 9.22. The lowest BCUT2D eigenvalue weighted by Crippen LogP contribution is -2.62. The molecule has 0 spiro atoms. The van der Waals surface area contributed by atoms with E-state index in [-0.39, 0.29) is 141 Å². The molecule has 0 radical (unpaired) electrons. The first-order chi connectivity index (χ1) is 63.1. The summed E-state index contributed by atoms with van der Waals surface area (Å²) in [5, 5.41) is 32.2. The highest BCUT2D eigenvalue weighted by Crippen LogP contribution is 2.65. The molecule has 21 rings (SSSR count). The second-order valence-corrected chi connectivity index (χ2v) is 51.3. The molecule has 0 amide bonds. The van der Waals surface area contributed by atoms with Gasteiger partial charge in [0.15, 0.2) is 0 Å². The van der Waals surface area contributed by atoms with Crippen molar-refractivity contribution in [3.8, 4) is 0 Å². The summed E-state index contributed by atoms with van der Waals surface area (Å²) in [6.45, 7) is 0. The van der Waals surface area contributed by atoms with E-state index in [2.05, 4.69) is 497 Å². The summed E-state index contributed by atoms with van der Waals surface area (Å²) < 4.78 is 2.29. The molecule has 656 valence electrons. The number of thioether (sulfide) groups is 12. The van der Waals surface area contributed by atoms with Gasteiger partial charge in [-0.1, -0.05) is 218 Å². The van der Waals surface area contributed by atoms with E-state index in [4.69, 9.17) is 61.4 Å². The third-order valence-electron chi connectivity index (χ3n) is 26.8. The molecule has 5 saturated heterocycles. The number of benzene rings is 12. The first-order valence-electron chi connectivity index (χ1n) is 44.4. The van der Waals surface area contributed by atoms with Crippen LogP contribution in [0, 0.1) is 47.3 Å². The largest absolute Gasteiger partial charge is 0.286 e. The smallest absolute Gasteiger partial charge is 0.0816 e. The average molecular weight is 1990 g/mol. The van der Waals surface area contributed by atoms with Crippen LogP contribution in [0.2, 0.25) is 0 Å². The highest BCUT2D eigenvalue weighted by Gasteiger charge is 2.69. The molecule has 8 nitrogen and oxygen atoms in total. The van der Waals surface area contributed by atoms with Gasteiger partial charge in [0.1, 0.15) is 0 Å². The molecule has 128 heavy (non-hydrogen) atoms. The monoisotopic (exact) mass is 1980 g/mol. The summed E-state index contributed by atoms with van der Waals surface area (Å²) in [6.07, 6.45) is -2.15. The van der Waals surface area contributed by atoms with Crippen molar-refractivity contribution in [2.45, 2.75) is 194 Å². The normalized spacial score (nSPS) is 34.7. The average Bonchev–Trinajstić information content (AvgIpc) is 1.55. The minimum Gasteiger partial charge on any atom is -0.286 e. The van der Waals surface area contributed by atoms with Crippen molar-refractivity contribution in [3.05, 3.63) is 364 Å². The fourth-order valence-electron chi connectivity index (χ4n) is 21.6. The molecule has 4 saturated carbocycles. The van der Waals surface area contributed by atoms with E-state index >= 15 is 0 Å². The Hall–Kier alpha value is -4.32. The molecule has 4 aliphatic carbocycles. The van der Waals surface area contributed by atoms with Crippen LogP contribution < -0.4 is 37.2 Å². The predicted molar refractivity (Wildman–Crippen MR) is 554 cm³/mol. The molecule has 31 unspecified atom stereocenters. The maximum atomic E-state index is 9.22. The lowest BCUT2D eigenvalue weighted by atomic mass is 9.75. The Kier molecular flexibility index (Phi) is 29.7. The van der Waals surface area contributed by atoms with Gasteiger partial charge >= 0.3 is 0 Å². The van der Waals surface area contributed by atoms with E-state index in [1.165, 1.54) is 58.7 Å². The predicted octanol–water partition coefficient (Wildman–Crippen LogP) is 25.4. The number of rotatable bonds is 24. The van der Waals surface area contributed by atoms with Gasteiger partial charge in [0.05, 0.1) is 65.5 Å². The van der Waals surface area contributed by atoms with Gasteiger partial charge < -0.3 is 0 Å². The Morgan fingerprint density at radius 3 is 0.555 bits per heavy atom. The van der Waals surface area contributed by atoms with Gasteiger partial charge in [-0.3, -0.25) is 37.2 Å². The molecular formula is C104H100Cl4N8S12. The summed E-state index contributed by atoms with van der Waals surface area (Å²) in [7, 11) is 0. The molecule has 9 aliphatic rings. The zero-order valence-electron chi connectivity index (χ0n) is 69.6. The van der Waals surface area contributed by atoms with Gasteiger partial charge in [-0.2, -0.15) is 4.42 Å². The van der Waals surface area contributed by atoms with E-state index in [0.29, 0.717) is 6.42 Å². The van der Waals surface area contributed by atoms with Crippen LogP contribution in [0.1, 0.15) is 6.42 Å². The molecule has 0 aromatic heterocycles. The third-order valence-corrected chi connectivity index (χ3v) is 47.6. The summed E-state index contributed by atoms with van der Waals surface area (Å²) in [4.78, 5) is 15.1. The van der Waals surface area contributed by atoms with E-state index in [0.717, 1.165) is 0 Å². The number of hydrogen-bond acceptors (Lipinski definition) is 20. The highest BCUT2D eigenvalue weighted by atomic mass is 35.5. The first kappa shape index (κ1) is 90.2. The maximum Gasteiger partial charge on any atom is 0.0816 e. The van der Waals surface area contributed by atoms with Gasteiger partial charge in [-0.05, 0) is 170 Å². The minimum absolute atomic E-state index is 0.00521. The van der Waals surface area contributed by atoms with Crippen LogP contribution in [0.5, 0.6) is 0 Å². The van der Waals surface area contributed by atoms with Crippen LogP contribution >= 0.6 is 188 Å². The van der Waals surface area contributed by atoms with Crippen molar-refractivity contribution in [2.75, 3.05) is 0 Å². The quantitative estimate of drug-likeness (QED) is 0.0231. The SMILES string of the molecule is ClC1CC2C3NC(NC4C5C(Sc6ccccc6)C(Sc6ccccc6)C(Sc6ccccc6)C(Sc6ccccc6)C5C(NC5NC(NC6NC(N3)C3C(Sc7ccccc7)C(Sc7ccccc7)C(Sc7ccccc7)C(Sc7ccccc7)C63)C3C(Sc6ccccc6)C(Sc6ccccc6)C(Sc6ccccc6)C(Sc6ccccc6)C53)N4Cl)C2C(Cl)C1Cl. The fraction of sp³-hybridized carbons (Fsp3) is 0.308. The number of nitrogens with one attached hydrogen (secondary N) is 7. The molecule has 5 heterocycles. The summed E-state index contributed by atoms with van der Waals surface area (Å²) >= 11 is 58.0. The summed E-state index contributed by atoms with van der Waals surface area (Å²) in [5.74, 6) is -0.601. The minimum atomic E-state index is -0.514. The molecule has 8 bridgehead atoms. The van der Waals surface area contributed by atoms with E-state index in [1.54, 1.807) is 0 Å². The molecule has 24 heteroatoms. The van der Waals surface area contributed by atoms with Crippen molar-refractivity contribution in [2.24, 2.45) is 47.3 Å². The van der Waals surface area contributed by atoms with Crippen LogP contribution in [-0.4, -0.2) is 133 Å². The van der Waals surface area contributed by atoms with Gasteiger partial charge in [0, 0.05) is 163 Å². The number of hydrogen-bond donors (Lipinski definition) is 7. The topological polar surface area (TPSA) is 87.4 Å². The summed E-state index contributed by atoms with van der Waals surface area (Å²) in [5.41, 5.74) is 0. The summed E-state index contributed by atoms with van der Waals surface area (Å²) in [6, 6.07) is 136. The van der Waals surface area contributed by atoms with Crippen LogP contribution in [0.4, 0.5) is 0 Å². The van der Waals surface area contributed by atoms with Crippen LogP contribution in [0.25, 0.3) is 0 Å². The lowest BCUT2D eigenvalue weighted by molar-refractivity contribution is 0.163. The number of alkyl halides is 3. The first-order valence-corrected chi connectivity index (χ1v) is 56.6. The van der Waals surface area contributed by atoms with E-state index in [1.807, 2.05) is 23.5 Å². The molecule has 12 aromatic carbocycles. The van der Waals surface area contributed by atoms with Crippen LogP contribution in [0.15, 0.2) is 423 Å². The molecule has 5 aliphatic heterocycles. The second-order valence-electron chi connectivity index (χ2n) is 34.4. The van der Waals surface area contributed by atoms with Crippen molar-refractivity contribution in [1.82, 2.24) is 41.6 Å². The van der Waals surface area contributed by atoms with Crippen LogP contribution in [-0.2, 0) is 0 Å². The Balaban J connectivity index is 0.817. The molecule has 12 aromatic rings. The van der Waals surface area contributed by atoms with Gasteiger partial charge in [0.25, 0.3) is 0 Å².